The molecule has 2 atom stereocenters. The number of hydrogen-bond acceptors (Lipinski definition) is 6. The van der Waals surface area contributed by atoms with Crippen molar-refractivity contribution in [3.8, 4) is 0 Å². The predicted octanol–water partition coefficient (Wildman–Crippen LogP) is 0.329. The van der Waals surface area contributed by atoms with E-state index >= 15 is 0 Å². The Morgan fingerprint density at radius 3 is 2.38 bits per heavy atom. The second kappa shape index (κ2) is 7.75. The standard InChI is InChI=1S/C12H13F2N3O2.CH4O3S/c1-8(18)12(19,5-17-7-15-6-16-17)10-3-2-9(13)4-11(10)14;1-5(2,3)4/h2-4,6-8,18-19H,5H2,1H3;1H3,(H,2,3,4)/t8-,12?;/m1./s1. The van der Waals surface area contributed by atoms with Gasteiger partial charge in [0, 0.05) is 11.6 Å². The summed E-state index contributed by atoms with van der Waals surface area (Å²) in [4.78, 5) is 3.70. The summed E-state index contributed by atoms with van der Waals surface area (Å²) in [6.45, 7) is 1.12. The Labute approximate surface area is 137 Å². The maximum Gasteiger partial charge on any atom is 0.261 e. The molecular weight excluding hydrogens is 348 g/mol. The fourth-order valence-corrected chi connectivity index (χ4v) is 1.84. The van der Waals surface area contributed by atoms with Crippen LogP contribution in [0.3, 0.4) is 0 Å². The summed E-state index contributed by atoms with van der Waals surface area (Å²) in [7, 11) is -3.67. The topological polar surface area (TPSA) is 126 Å². The number of aromatic nitrogens is 3. The Bertz CT molecular complexity index is 760. The van der Waals surface area contributed by atoms with Crippen LogP contribution in [0.25, 0.3) is 0 Å². The van der Waals surface area contributed by atoms with Crippen LogP contribution >= 0.6 is 0 Å². The average molecular weight is 365 g/mol. The highest BCUT2D eigenvalue weighted by Crippen LogP contribution is 2.29. The molecule has 2 rings (SSSR count). The van der Waals surface area contributed by atoms with E-state index in [0.717, 1.165) is 12.1 Å². The summed E-state index contributed by atoms with van der Waals surface area (Å²) in [5.41, 5.74) is -2.12. The third-order valence-electron chi connectivity index (χ3n) is 2.96. The molecule has 0 aliphatic heterocycles. The van der Waals surface area contributed by atoms with Gasteiger partial charge in [0.25, 0.3) is 10.1 Å². The van der Waals surface area contributed by atoms with Gasteiger partial charge in [-0.25, -0.2) is 18.4 Å². The van der Waals surface area contributed by atoms with Gasteiger partial charge in [-0.3, -0.25) is 4.55 Å². The second-order valence-corrected chi connectivity index (χ2v) is 6.52. The van der Waals surface area contributed by atoms with Crippen molar-refractivity contribution < 1.29 is 32.0 Å². The molecule has 1 heterocycles. The van der Waals surface area contributed by atoms with E-state index < -0.39 is 33.5 Å². The lowest BCUT2D eigenvalue weighted by Gasteiger charge is -2.31. The average Bonchev–Trinajstić information content (AvgIpc) is 2.88. The zero-order valence-corrected chi connectivity index (χ0v) is 13.7. The third kappa shape index (κ3) is 5.92. The molecule has 0 bridgehead atoms. The zero-order chi connectivity index (χ0) is 18.5. The van der Waals surface area contributed by atoms with Crippen molar-refractivity contribution in [2.45, 2.75) is 25.2 Å². The molecule has 1 aromatic heterocycles. The monoisotopic (exact) mass is 365 g/mol. The number of benzene rings is 1. The van der Waals surface area contributed by atoms with Gasteiger partial charge in [0.1, 0.15) is 29.9 Å². The minimum atomic E-state index is -3.67. The maximum absolute atomic E-state index is 13.8. The number of halogens is 2. The van der Waals surface area contributed by atoms with Gasteiger partial charge in [0.05, 0.1) is 18.9 Å². The molecule has 2 aromatic rings. The molecule has 134 valence electrons. The van der Waals surface area contributed by atoms with Crippen LogP contribution in [0.4, 0.5) is 8.78 Å². The van der Waals surface area contributed by atoms with Crippen LogP contribution in [0.15, 0.2) is 30.9 Å². The first kappa shape index (κ1) is 20.1. The van der Waals surface area contributed by atoms with Gasteiger partial charge in [0.2, 0.25) is 0 Å². The SMILES string of the molecule is CS(=O)(=O)O.C[C@@H](O)C(O)(Cn1cncn1)c1ccc(F)cc1F. The number of nitrogens with zero attached hydrogens (tertiary/aromatic N) is 3. The van der Waals surface area contributed by atoms with Crippen molar-refractivity contribution in [2.75, 3.05) is 6.26 Å². The first-order valence-corrected chi connectivity index (χ1v) is 8.39. The molecule has 0 spiro atoms. The molecule has 1 unspecified atom stereocenters. The van der Waals surface area contributed by atoms with Crippen LogP contribution in [0.5, 0.6) is 0 Å². The Balaban J connectivity index is 0.000000505. The van der Waals surface area contributed by atoms with Gasteiger partial charge in [0.15, 0.2) is 0 Å². The molecule has 0 aliphatic rings. The van der Waals surface area contributed by atoms with Crippen molar-refractivity contribution in [1.82, 2.24) is 14.8 Å². The summed E-state index contributed by atoms with van der Waals surface area (Å²) in [5, 5.41) is 24.0. The molecule has 8 nitrogen and oxygen atoms in total. The van der Waals surface area contributed by atoms with Crippen molar-refractivity contribution in [1.29, 1.82) is 0 Å². The molecule has 11 heteroatoms. The molecule has 0 saturated heterocycles. The highest BCUT2D eigenvalue weighted by Gasteiger charge is 2.38. The van der Waals surface area contributed by atoms with E-state index in [-0.39, 0.29) is 12.1 Å². The van der Waals surface area contributed by atoms with Crippen LogP contribution in [0.1, 0.15) is 12.5 Å². The van der Waals surface area contributed by atoms with E-state index in [1.807, 2.05) is 0 Å². The summed E-state index contributed by atoms with van der Waals surface area (Å²) >= 11 is 0. The van der Waals surface area contributed by atoms with Crippen LogP contribution in [-0.2, 0) is 22.3 Å². The zero-order valence-electron chi connectivity index (χ0n) is 12.8. The highest BCUT2D eigenvalue weighted by atomic mass is 32.2. The Hall–Kier alpha value is -1.95. The molecular formula is C13H17F2N3O5S. The molecule has 0 radical (unpaired) electrons. The minimum absolute atomic E-state index is 0.195. The fraction of sp³-hybridized carbons (Fsp3) is 0.385. The van der Waals surface area contributed by atoms with E-state index in [9.17, 15) is 27.4 Å². The first-order valence-electron chi connectivity index (χ1n) is 6.54. The molecule has 3 N–H and O–H groups in total. The summed E-state index contributed by atoms with van der Waals surface area (Å²) in [5.74, 6) is -1.68. The lowest BCUT2D eigenvalue weighted by Crippen LogP contribution is -2.42. The van der Waals surface area contributed by atoms with E-state index in [1.165, 1.54) is 24.3 Å². The van der Waals surface area contributed by atoms with Crippen LogP contribution in [0, 0.1) is 11.6 Å². The largest absolute Gasteiger partial charge is 0.390 e. The van der Waals surface area contributed by atoms with Crippen LogP contribution < -0.4 is 0 Å². The molecule has 1 aromatic carbocycles. The first-order chi connectivity index (χ1) is 10.9. The molecule has 0 saturated carbocycles. The van der Waals surface area contributed by atoms with Crippen LogP contribution in [-0.4, -0.2) is 50.3 Å². The van der Waals surface area contributed by atoms with E-state index in [4.69, 9.17) is 4.55 Å². The molecule has 0 aliphatic carbocycles. The van der Waals surface area contributed by atoms with Crippen molar-refractivity contribution in [2.24, 2.45) is 0 Å². The summed E-state index contributed by atoms with van der Waals surface area (Å²) < 4.78 is 53.8. The van der Waals surface area contributed by atoms with Gasteiger partial charge < -0.3 is 10.2 Å². The van der Waals surface area contributed by atoms with E-state index in [1.54, 1.807) is 0 Å². The summed E-state index contributed by atoms with van der Waals surface area (Å²) in [6, 6.07) is 2.78. The van der Waals surface area contributed by atoms with Gasteiger partial charge in [-0.05, 0) is 13.0 Å². The van der Waals surface area contributed by atoms with Gasteiger partial charge in [-0.15, -0.1) is 0 Å². The van der Waals surface area contributed by atoms with Gasteiger partial charge >= 0.3 is 0 Å². The summed E-state index contributed by atoms with van der Waals surface area (Å²) in [6.07, 6.45) is 2.02. The Morgan fingerprint density at radius 2 is 1.96 bits per heavy atom. The van der Waals surface area contributed by atoms with Crippen molar-refractivity contribution in [3.63, 3.8) is 0 Å². The predicted molar refractivity (Wildman–Crippen MR) is 79.4 cm³/mol. The van der Waals surface area contributed by atoms with Gasteiger partial charge in [-0.2, -0.15) is 13.5 Å². The molecule has 0 fully saturated rings. The fourth-order valence-electron chi connectivity index (χ4n) is 1.84. The van der Waals surface area contributed by atoms with Crippen molar-refractivity contribution in [3.05, 3.63) is 48.1 Å². The third-order valence-corrected chi connectivity index (χ3v) is 2.96. The molecule has 24 heavy (non-hydrogen) atoms. The smallest absolute Gasteiger partial charge is 0.261 e. The van der Waals surface area contributed by atoms with Crippen molar-refractivity contribution >= 4 is 10.1 Å². The number of aliphatic hydroxyl groups excluding tert-OH is 1. The lowest BCUT2D eigenvalue weighted by molar-refractivity contribution is -0.0874. The normalized spacial score (nSPS) is 15.1. The Morgan fingerprint density at radius 1 is 1.38 bits per heavy atom. The quantitative estimate of drug-likeness (QED) is 0.667. The molecule has 0 amide bonds. The second-order valence-electron chi connectivity index (χ2n) is 5.05. The van der Waals surface area contributed by atoms with E-state index in [2.05, 4.69) is 10.1 Å². The number of aliphatic hydroxyl groups is 2. The Kier molecular flexibility index (Phi) is 6.49. The van der Waals surface area contributed by atoms with E-state index in [0.29, 0.717) is 12.3 Å². The van der Waals surface area contributed by atoms with Crippen LogP contribution in [0.2, 0.25) is 0 Å². The lowest BCUT2D eigenvalue weighted by atomic mass is 9.88. The minimum Gasteiger partial charge on any atom is -0.390 e. The number of hydrogen-bond donors (Lipinski definition) is 3. The highest BCUT2D eigenvalue weighted by molar-refractivity contribution is 7.85. The maximum atomic E-state index is 13.8. The van der Waals surface area contributed by atoms with Gasteiger partial charge in [-0.1, -0.05) is 6.07 Å². The number of rotatable bonds is 4.